The Labute approximate surface area is 155 Å². The van der Waals surface area contributed by atoms with Gasteiger partial charge in [-0.1, -0.05) is 0 Å². The van der Waals surface area contributed by atoms with Crippen LogP contribution in [0.15, 0.2) is 12.4 Å². The van der Waals surface area contributed by atoms with E-state index in [1.54, 1.807) is 4.90 Å². The van der Waals surface area contributed by atoms with E-state index in [2.05, 4.69) is 16.2 Å². The molecule has 2 unspecified atom stereocenters. The highest BCUT2D eigenvalue weighted by atomic mass is 19.4. The molecule has 152 valence electrons. The first kappa shape index (κ1) is 21.0. The minimum Gasteiger partial charge on any atom is -0.475 e. The molecule has 2 saturated heterocycles. The molecule has 2 atom stereocenters. The summed E-state index contributed by atoms with van der Waals surface area (Å²) >= 11 is 0. The van der Waals surface area contributed by atoms with Crippen molar-refractivity contribution in [3.63, 3.8) is 0 Å². The van der Waals surface area contributed by atoms with Gasteiger partial charge < -0.3 is 14.9 Å². The third-order valence-electron chi connectivity index (χ3n) is 4.71. The number of aryl methyl sites for hydroxylation is 1. The van der Waals surface area contributed by atoms with Crippen molar-refractivity contribution < 1.29 is 27.9 Å². The molecule has 11 heteroatoms. The fourth-order valence-electron chi connectivity index (χ4n) is 3.55. The van der Waals surface area contributed by atoms with Crippen molar-refractivity contribution in [3.05, 3.63) is 18.0 Å². The summed E-state index contributed by atoms with van der Waals surface area (Å²) in [6.07, 6.45) is 1.10. The van der Waals surface area contributed by atoms with E-state index in [0.29, 0.717) is 12.1 Å². The number of urea groups is 1. The Hall–Kier alpha value is -2.30. The molecule has 1 N–H and O–H groups in total. The number of nitrogens with zero attached hydrogens (tertiary/aromatic N) is 5. The maximum absolute atomic E-state index is 12.2. The fraction of sp³-hybridized carbons (Fsp3) is 0.688. The second-order valence-corrected chi connectivity index (χ2v) is 6.88. The van der Waals surface area contributed by atoms with Gasteiger partial charge in [-0.3, -0.25) is 9.58 Å². The third-order valence-corrected chi connectivity index (χ3v) is 4.71. The lowest BCUT2D eigenvalue weighted by Gasteiger charge is -2.27. The third kappa shape index (κ3) is 5.12. The summed E-state index contributed by atoms with van der Waals surface area (Å²) < 4.78 is 33.6. The number of amides is 2. The SMILES string of the molecule is CN(C)C(=O)N1CCC2C1CCN2Cc1cnn(C)c1.O=C(O)C(F)(F)F. The van der Waals surface area contributed by atoms with Crippen LogP contribution in [0.1, 0.15) is 18.4 Å². The Morgan fingerprint density at radius 3 is 2.33 bits per heavy atom. The van der Waals surface area contributed by atoms with Gasteiger partial charge in [0.15, 0.2) is 0 Å². The molecule has 0 spiro atoms. The van der Waals surface area contributed by atoms with Crippen LogP contribution in [0, 0.1) is 0 Å². The van der Waals surface area contributed by atoms with Crippen molar-refractivity contribution in [2.45, 2.75) is 37.6 Å². The lowest BCUT2D eigenvalue weighted by molar-refractivity contribution is -0.192. The van der Waals surface area contributed by atoms with Gasteiger partial charge in [0.05, 0.1) is 12.2 Å². The molecule has 27 heavy (non-hydrogen) atoms. The summed E-state index contributed by atoms with van der Waals surface area (Å²) in [5.41, 5.74) is 1.26. The molecule has 2 aliphatic rings. The predicted molar refractivity (Wildman–Crippen MR) is 89.9 cm³/mol. The summed E-state index contributed by atoms with van der Waals surface area (Å²) in [4.78, 5) is 27.3. The number of alkyl halides is 3. The average Bonchev–Trinajstić information content (AvgIpc) is 3.24. The maximum atomic E-state index is 12.2. The molecule has 2 amide bonds. The highest BCUT2D eigenvalue weighted by Gasteiger charge is 2.44. The van der Waals surface area contributed by atoms with Crippen LogP contribution in [0.2, 0.25) is 0 Å². The monoisotopic (exact) mass is 391 g/mol. The van der Waals surface area contributed by atoms with E-state index in [0.717, 1.165) is 32.5 Å². The van der Waals surface area contributed by atoms with E-state index in [4.69, 9.17) is 9.90 Å². The number of carboxylic acids is 1. The molecule has 2 aliphatic heterocycles. The van der Waals surface area contributed by atoms with Crippen molar-refractivity contribution in [1.29, 1.82) is 0 Å². The Morgan fingerprint density at radius 1 is 1.26 bits per heavy atom. The summed E-state index contributed by atoms with van der Waals surface area (Å²) in [5.74, 6) is -2.76. The highest BCUT2D eigenvalue weighted by Crippen LogP contribution is 2.33. The van der Waals surface area contributed by atoms with Gasteiger partial charge in [-0.2, -0.15) is 18.3 Å². The van der Waals surface area contributed by atoms with Gasteiger partial charge >= 0.3 is 18.2 Å². The number of carbonyl (C=O) groups is 2. The zero-order valence-corrected chi connectivity index (χ0v) is 15.5. The largest absolute Gasteiger partial charge is 0.490 e. The van der Waals surface area contributed by atoms with E-state index in [1.165, 1.54) is 5.56 Å². The molecule has 2 fully saturated rings. The topological polar surface area (TPSA) is 81.9 Å². The number of fused-ring (bicyclic) bond motifs is 1. The lowest BCUT2D eigenvalue weighted by atomic mass is 10.1. The number of aliphatic carboxylic acids is 1. The summed E-state index contributed by atoms with van der Waals surface area (Å²) in [6.45, 7) is 2.90. The zero-order valence-electron chi connectivity index (χ0n) is 15.5. The van der Waals surface area contributed by atoms with Gasteiger partial charge in [0.25, 0.3) is 0 Å². The maximum Gasteiger partial charge on any atom is 0.490 e. The van der Waals surface area contributed by atoms with Crippen molar-refractivity contribution in [1.82, 2.24) is 24.5 Å². The fourth-order valence-corrected chi connectivity index (χ4v) is 3.55. The molecule has 3 heterocycles. The van der Waals surface area contributed by atoms with Gasteiger partial charge in [-0.25, -0.2) is 9.59 Å². The molecule has 0 aromatic carbocycles. The molecule has 0 radical (unpaired) electrons. The van der Waals surface area contributed by atoms with E-state index >= 15 is 0 Å². The van der Waals surface area contributed by atoms with Crippen LogP contribution >= 0.6 is 0 Å². The summed E-state index contributed by atoms with van der Waals surface area (Å²) in [5, 5.41) is 11.4. The van der Waals surface area contributed by atoms with Gasteiger partial charge in [0.1, 0.15) is 0 Å². The number of aromatic nitrogens is 2. The van der Waals surface area contributed by atoms with Gasteiger partial charge in [0.2, 0.25) is 0 Å². The van der Waals surface area contributed by atoms with Crippen LogP contribution in [-0.4, -0.2) is 87.0 Å². The van der Waals surface area contributed by atoms with Crippen LogP contribution in [0.5, 0.6) is 0 Å². The Morgan fingerprint density at radius 2 is 1.85 bits per heavy atom. The lowest BCUT2D eigenvalue weighted by Crippen LogP contribution is -2.44. The predicted octanol–water partition coefficient (Wildman–Crippen LogP) is 1.38. The second-order valence-electron chi connectivity index (χ2n) is 6.88. The van der Waals surface area contributed by atoms with Crippen molar-refractivity contribution >= 4 is 12.0 Å². The van der Waals surface area contributed by atoms with E-state index < -0.39 is 12.1 Å². The smallest absolute Gasteiger partial charge is 0.475 e. The zero-order chi connectivity index (χ0) is 20.4. The summed E-state index contributed by atoms with van der Waals surface area (Å²) in [7, 11) is 5.61. The number of halogens is 3. The highest BCUT2D eigenvalue weighted by molar-refractivity contribution is 5.74. The van der Waals surface area contributed by atoms with Crippen molar-refractivity contribution in [2.24, 2.45) is 7.05 Å². The molecule has 0 aliphatic carbocycles. The molecule has 1 aromatic heterocycles. The van der Waals surface area contributed by atoms with Crippen molar-refractivity contribution in [3.8, 4) is 0 Å². The van der Waals surface area contributed by atoms with E-state index in [1.807, 2.05) is 36.9 Å². The number of likely N-dealkylation sites (tertiary alicyclic amines) is 2. The average molecular weight is 391 g/mol. The van der Waals surface area contributed by atoms with Crippen LogP contribution in [-0.2, 0) is 18.4 Å². The molecule has 3 rings (SSSR count). The molecule has 1 aromatic rings. The van der Waals surface area contributed by atoms with Crippen LogP contribution in [0.4, 0.5) is 18.0 Å². The normalized spacial score (nSPS) is 22.2. The van der Waals surface area contributed by atoms with Crippen LogP contribution in [0.3, 0.4) is 0 Å². The number of carboxylic acid groups (broad SMARTS) is 1. The number of hydrogen-bond donors (Lipinski definition) is 1. The number of hydrogen-bond acceptors (Lipinski definition) is 4. The van der Waals surface area contributed by atoms with Crippen LogP contribution < -0.4 is 0 Å². The molecule has 8 nitrogen and oxygen atoms in total. The first-order valence-electron chi connectivity index (χ1n) is 8.50. The number of rotatable bonds is 2. The summed E-state index contributed by atoms with van der Waals surface area (Å²) in [6, 6.07) is 1.06. The first-order valence-corrected chi connectivity index (χ1v) is 8.50. The Kier molecular flexibility index (Phi) is 6.34. The van der Waals surface area contributed by atoms with Gasteiger partial charge in [-0.15, -0.1) is 0 Å². The second kappa shape index (κ2) is 8.15. The van der Waals surface area contributed by atoms with Crippen molar-refractivity contribution in [2.75, 3.05) is 27.2 Å². The van der Waals surface area contributed by atoms with E-state index in [-0.39, 0.29) is 6.03 Å². The molecule has 0 bridgehead atoms. The molecular formula is C16H24F3N5O3. The van der Waals surface area contributed by atoms with Gasteiger partial charge in [-0.05, 0) is 12.8 Å². The standard InChI is InChI=1S/C14H23N5O.C2HF3O2/c1-16(2)14(20)19-7-5-12-13(19)4-6-18(12)10-11-8-15-17(3)9-11;3-2(4,5)1(6)7/h8-9,12-13H,4-7,10H2,1-3H3;(H,6,7). The Bertz CT molecular complexity index is 677. The minimum absolute atomic E-state index is 0.153. The number of carbonyl (C=O) groups excluding carboxylic acids is 1. The van der Waals surface area contributed by atoms with Gasteiger partial charge in [0, 0.05) is 58.6 Å². The quantitative estimate of drug-likeness (QED) is 0.824. The Balaban J connectivity index is 0.000000321. The molecule has 0 saturated carbocycles. The van der Waals surface area contributed by atoms with Crippen LogP contribution in [0.25, 0.3) is 0 Å². The molecular weight excluding hydrogens is 367 g/mol. The first-order chi connectivity index (χ1) is 12.5. The minimum atomic E-state index is -5.08. The van der Waals surface area contributed by atoms with E-state index in [9.17, 15) is 18.0 Å².